The molecule has 9 heteroatoms. The van der Waals surface area contributed by atoms with Crippen molar-refractivity contribution in [2.45, 2.75) is 17.5 Å². The molecule has 0 radical (unpaired) electrons. The number of nitrogens with zero attached hydrogens (tertiary/aromatic N) is 4. The van der Waals surface area contributed by atoms with E-state index in [0.29, 0.717) is 16.8 Å². The molecule has 0 spiro atoms. The first-order valence-electron chi connectivity index (χ1n) is 5.67. The first kappa shape index (κ1) is 14.9. The molecule has 0 saturated carbocycles. The van der Waals surface area contributed by atoms with Crippen LogP contribution in [0, 0.1) is 10.1 Å². The molecule has 1 aromatic heterocycles. The van der Waals surface area contributed by atoms with Crippen LogP contribution in [0.3, 0.4) is 0 Å². The third kappa shape index (κ3) is 3.17. The highest BCUT2D eigenvalue weighted by molar-refractivity contribution is 9.10. The predicted molar refractivity (Wildman–Crippen MR) is 79.3 cm³/mol. The van der Waals surface area contributed by atoms with Gasteiger partial charge < -0.3 is 10.3 Å². The van der Waals surface area contributed by atoms with Gasteiger partial charge in [-0.15, -0.1) is 10.2 Å². The second-order valence-corrected chi connectivity index (χ2v) is 5.78. The Hall–Kier alpha value is -1.45. The largest absolute Gasteiger partial charge is 0.324 e. The Morgan fingerprint density at radius 1 is 1.50 bits per heavy atom. The molecule has 0 unspecified atom stereocenters. The zero-order valence-corrected chi connectivity index (χ0v) is 13.0. The second kappa shape index (κ2) is 6.33. The molecular formula is C11H12BrN5O2S. The van der Waals surface area contributed by atoms with E-state index in [1.165, 1.54) is 23.9 Å². The van der Waals surface area contributed by atoms with Gasteiger partial charge in [0.25, 0.3) is 5.69 Å². The van der Waals surface area contributed by atoms with E-state index in [9.17, 15) is 10.1 Å². The lowest BCUT2D eigenvalue weighted by molar-refractivity contribution is -0.384. The van der Waals surface area contributed by atoms with Gasteiger partial charge in [-0.2, -0.15) is 0 Å². The minimum absolute atomic E-state index is 0.0645. The van der Waals surface area contributed by atoms with Crippen molar-refractivity contribution in [1.29, 1.82) is 0 Å². The summed E-state index contributed by atoms with van der Waals surface area (Å²) in [5, 5.41) is 19.5. The fraction of sp³-hybridized carbons (Fsp3) is 0.273. The van der Waals surface area contributed by atoms with Gasteiger partial charge in [0.2, 0.25) is 0 Å². The number of aromatic nitrogens is 3. The van der Waals surface area contributed by atoms with E-state index in [0.717, 1.165) is 16.5 Å². The lowest BCUT2D eigenvalue weighted by atomic mass is 10.2. The number of nitro benzene ring substituents is 1. The third-order valence-electron chi connectivity index (χ3n) is 2.71. The summed E-state index contributed by atoms with van der Waals surface area (Å²) in [6, 6.07) is 4.72. The van der Waals surface area contributed by atoms with E-state index in [1.54, 1.807) is 6.07 Å². The summed E-state index contributed by atoms with van der Waals surface area (Å²) in [6.07, 6.45) is 0. The molecule has 1 heterocycles. The molecule has 2 aromatic rings. The number of benzene rings is 1. The van der Waals surface area contributed by atoms with E-state index < -0.39 is 4.92 Å². The predicted octanol–water partition coefficient (Wildman–Crippen LogP) is 2.24. The number of nitrogens with two attached hydrogens (primary N) is 1. The van der Waals surface area contributed by atoms with Gasteiger partial charge in [-0.3, -0.25) is 10.1 Å². The van der Waals surface area contributed by atoms with Gasteiger partial charge in [0.05, 0.1) is 11.5 Å². The number of thioether (sulfide) groups is 1. The Balaban J connectivity index is 2.11. The Labute approximate surface area is 127 Å². The van der Waals surface area contributed by atoms with Gasteiger partial charge in [-0.05, 0) is 5.56 Å². The van der Waals surface area contributed by atoms with Gasteiger partial charge in [-0.1, -0.05) is 33.8 Å². The Morgan fingerprint density at radius 3 is 2.80 bits per heavy atom. The molecule has 20 heavy (non-hydrogen) atoms. The van der Waals surface area contributed by atoms with Crippen molar-refractivity contribution in [3.05, 3.63) is 44.2 Å². The number of hydrogen-bond donors (Lipinski definition) is 1. The van der Waals surface area contributed by atoms with Crippen LogP contribution in [0.5, 0.6) is 0 Å². The van der Waals surface area contributed by atoms with Gasteiger partial charge >= 0.3 is 0 Å². The lowest BCUT2D eigenvalue weighted by Crippen LogP contribution is -2.05. The zero-order chi connectivity index (χ0) is 14.7. The maximum Gasteiger partial charge on any atom is 0.270 e. The first-order valence-corrected chi connectivity index (χ1v) is 7.44. The molecule has 1 aromatic carbocycles. The van der Waals surface area contributed by atoms with Crippen molar-refractivity contribution in [3.8, 4) is 0 Å². The topological polar surface area (TPSA) is 99.9 Å². The van der Waals surface area contributed by atoms with Crippen molar-refractivity contribution in [2.75, 3.05) is 0 Å². The fourth-order valence-corrected chi connectivity index (χ4v) is 3.18. The third-order valence-corrected chi connectivity index (χ3v) is 4.52. The van der Waals surface area contributed by atoms with Crippen LogP contribution >= 0.6 is 27.7 Å². The molecule has 106 valence electrons. The maximum atomic E-state index is 10.7. The molecule has 2 rings (SSSR count). The molecule has 0 aliphatic rings. The van der Waals surface area contributed by atoms with E-state index in [-0.39, 0.29) is 5.69 Å². The van der Waals surface area contributed by atoms with Crippen LogP contribution in [-0.2, 0) is 19.3 Å². The smallest absolute Gasteiger partial charge is 0.270 e. The summed E-state index contributed by atoms with van der Waals surface area (Å²) >= 11 is 4.84. The van der Waals surface area contributed by atoms with E-state index in [2.05, 4.69) is 26.1 Å². The van der Waals surface area contributed by atoms with Crippen molar-refractivity contribution >= 4 is 33.4 Å². The molecule has 0 fully saturated rings. The molecule has 0 atom stereocenters. The molecule has 0 amide bonds. The van der Waals surface area contributed by atoms with Crippen LogP contribution in [-0.4, -0.2) is 19.7 Å². The lowest BCUT2D eigenvalue weighted by Gasteiger charge is -2.04. The monoisotopic (exact) mass is 357 g/mol. The van der Waals surface area contributed by atoms with Crippen molar-refractivity contribution < 1.29 is 4.92 Å². The van der Waals surface area contributed by atoms with Crippen LogP contribution in [0.4, 0.5) is 5.69 Å². The highest BCUT2D eigenvalue weighted by Crippen LogP contribution is 2.28. The maximum absolute atomic E-state index is 10.7. The summed E-state index contributed by atoms with van der Waals surface area (Å²) < 4.78 is 2.55. The summed E-state index contributed by atoms with van der Waals surface area (Å²) in [4.78, 5) is 10.3. The molecular weight excluding hydrogens is 346 g/mol. The summed E-state index contributed by atoms with van der Waals surface area (Å²) in [7, 11) is 1.86. The number of non-ortho nitro benzene ring substituents is 1. The molecule has 0 saturated heterocycles. The van der Waals surface area contributed by atoms with Gasteiger partial charge in [-0.25, -0.2) is 0 Å². The fourth-order valence-electron chi connectivity index (χ4n) is 1.56. The number of nitro groups is 1. The average Bonchev–Trinajstić information content (AvgIpc) is 2.77. The molecule has 7 nitrogen and oxygen atoms in total. The van der Waals surface area contributed by atoms with Crippen LogP contribution in [0.15, 0.2) is 27.8 Å². The Bertz CT molecular complexity index is 646. The standard InChI is InChI=1S/C11H12BrN5O2S/c1-16-10(5-13)14-15-11(16)20-6-7-2-3-8(17(18)19)4-9(7)12/h2-4H,5-6,13H2,1H3. The van der Waals surface area contributed by atoms with Gasteiger partial charge in [0, 0.05) is 29.4 Å². The number of rotatable bonds is 5. The van der Waals surface area contributed by atoms with Crippen molar-refractivity contribution in [2.24, 2.45) is 12.8 Å². The van der Waals surface area contributed by atoms with Crippen LogP contribution in [0.25, 0.3) is 0 Å². The van der Waals surface area contributed by atoms with E-state index in [4.69, 9.17) is 5.73 Å². The van der Waals surface area contributed by atoms with E-state index >= 15 is 0 Å². The summed E-state index contributed by atoms with van der Waals surface area (Å²) in [5.41, 5.74) is 6.56. The van der Waals surface area contributed by atoms with Crippen LogP contribution < -0.4 is 5.73 Å². The van der Waals surface area contributed by atoms with Crippen LogP contribution in [0.2, 0.25) is 0 Å². The van der Waals surface area contributed by atoms with E-state index in [1.807, 2.05) is 11.6 Å². The molecule has 2 N–H and O–H groups in total. The molecule has 0 bridgehead atoms. The summed E-state index contributed by atoms with van der Waals surface area (Å²) in [6.45, 7) is 0.339. The summed E-state index contributed by atoms with van der Waals surface area (Å²) in [5.74, 6) is 1.35. The van der Waals surface area contributed by atoms with Gasteiger partial charge in [0.15, 0.2) is 5.16 Å². The minimum atomic E-state index is -0.419. The Kier molecular flexibility index (Phi) is 4.73. The zero-order valence-electron chi connectivity index (χ0n) is 10.6. The van der Waals surface area contributed by atoms with Crippen molar-refractivity contribution in [3.63, 3.8) is 0 Å². The van der Waals surface area contributed by atoms with Gasteiger partial charge in [0.1, 0.15) is 5.82 Å². The van der Waals surface area contributed by atoms with Crippen molar-refractivity contribution in [1.82, 2.24) is 14.8 Å². The SMILES string of the molecule is Cn1c(CN)nnc1SCc1ccc([N+](=O)[O-])cc1Br. The molecule has 0 aliphatic carbocycles. The Morgan fingerprint density at radius 2 is 2.25 bits per heavy atom. The highest BCUT2D eigenvalue weighted by Gasteiger charge is 2.12. The first-order chi connectivity index (χ1) is 9.52. The molecule has 0 aliphatic heterocycles. The second-order valence-electron chi connectivity index (χ2n) is 3.98. The highest BCUT2D eigenvalue weighted by atomic mass is 79.9. The minimum Gasteiger partial charge on any atom is -0.324 e. The van der Waals surface area contributed by atoms with Crippen LogP contribution in [0.1, 0.15) is 11.4 Å². The quantitative estimate of drug-likeness (QED) is 0.500. The number of hydrogen-bond acceptors (Lipinski definition) is 6. The number of halogens is 1. The normalized spacial score (nSPS) is 10.8. The average molecular weight is 358 g/mol.